The van der Waals surface area contributed by atoms with Gasteiger partial charge in [0.1, 0.15) is 12.1 Å². The van der Waals surface area contributed by atoms with Gasteiger partial charge in [0, 0.05) is 0 Å². The zero-order chi connectivity index (χ0) is 15.3. The summed E-state index contributed by atoms with van der Waals surface area (Å²) in [5, 5.41) is 38.2. The Morgan fingerprint density at radius 2 is 1.95 bits per heavy atom. The molecule has 0 heterocycles. The molecule has 1 unspecified atom stereocenters. The van der Waals surface area contributed by atoms with Crippen molar-refractivity contribution in [2.24, 2.45) is 0 Å². The molecule has 20 heavy (non-hydrogen) atoms. The number of aromatic hydroxyl groups is 2. The van der Waals surface area contributed by atoms with E-state index in [1.54, 1.807) is 11.9 Å². The van der Waals surface area contributed by atoms with Crippen molar-refractivity contribution in [1.82, 2.24) is 4.90 Å². The number of hydrogen-bond acceptors (Lipinski definition) is 5. The smallest absolute Gasteiger partial charge is 0.323 e. The van der Waals surface area contributed by atoms with E-state index in [1.807, 2.05) is 6.92 Å². The minimum Gasteiger partial charge on any atom is -0.504 e. The van der Waals surface area contributed by atoms with E-state index < -0.39 is 18.1 Å². The first-order chi connectivity index (χ1) is 9.38. The highest BCUT2D eigenvalue weighted by Gasteiger charge is 2.31. The first kappa shape index (κ1) is 16.3. The molecule has 1 aromatic carbocycles. The van der Waals surface area contributed by atoms with Crippen LogP contribution in [0.25, 0.3) is 0 Å². The number of carboxylic acid groups (broad SMARTS) is 1. The van der Waals surface area contributed by atoms with Gasteiger partial charge in [0.05, 0.1) is 0 Å². The third kappa shape index (κ3) is 3.85. The van der Waals surface area contributed by atoms with E-state index in [4.69, 9.17) is 0 Å². The molecule has 0 fully saturated rings. The van der Waals surface area contributed by atoms with Crippen LogP contribution in [-0.4, -0.2) is 50.9 Å². The van der Waals surface area contributed by atoms with Crippen molar-refractivity contribution in [2.75, 3.05) is 13.6 Å². The Morgan fingerprint density at radius 1 is 1.30 bits per heavy atom. The van der Waals surface area contributed by atoms with Gasteiger partial charge in [-0.05, 0) is 37.7 Å². The van der Waals surface area contributed by atoms with Crippen LogP contribution in [0.2, 0.25) is 0 Å². The second-order valence-corrected chi connectivity index (χ2v) is 4.81. The van der Waals surface area contributed by atoms with Crippen LogP contribution >= 0.6 is 0 Å². The molecule has 6 nitrogen and oxygen atoms in total. The van der Waals surface area contributed by atoms with Gasteiger partial charge in [-0.15, -0.1) is 0 Å². The number of hydrogen-bond donors (Lipinski definition) is 4. The van der Waals surface area contributed by atoms with Crippen LogP contribution in [0.3, 0.4) is 0 Å². The number of carboxylic acids is 1. The number of nitrogens with zero attached hydrogens (tertiary/aromatic N) is 1. The summed E-state index contributed by atoms with van der Waals surface area (Å²) in [6.07, 6.45) is 0.460. The number of carbonyl (C=O) groups is 1. The average Bonchev–Trinajstić information content (AvgIpc) is 2.39. The number of phenols is 2. The van der Waals surface area contributed by atoms with E-state index in [1.165, 1.54) is 18.2 Å². The summed E-state index contributed by atoms with van der Waals surface area (Å²) in [5.74, 6) is -1.84. The lowest BCUT2D eigenvalue weighted by atomic mass is 10.0. The number of phenolic OH excluding ortho intramolecular Hbond substituents is 2. The zero-order valence-electron chi connectivity index (χ0n) is 11.7. The van der Waals surface area contributed by atoms with E-state index in [0.29, 0.717) is 6.54 Å². The highest BCUT2D eigenvalue weighted by Crippen LogP contribution is 2.30. The molecule has 0 aliphatic carbocycles. The summed E-state index contributed by atoms with van der Waals surface area (Å²) in [7, 11) is 1.64. The van der Waals surface area contributed by atoms with Crippen molar-refractivity contribution in [3.05, 3.63) is 23.8 Å². The average molecular weight is 283 g/mol. The Bertz CT molecular complexity index is 463. The zero-order valence-corrected chi connectivity index (χ0v) is 11.7. The summed E-state index contributed by atoms with van der Waals surface area (Å²) < 4.78 is 0. The van der Waals surface area contributed by atoms with E-state index >= 15 is 0 Å². The SMILES string of the molecule is CCCCN(C)[C@H](C(=O)O)C(O)c1ccc(O)c(O)c1. The third-order valence-corrected chi connectivity index (χ3v) is 3.23. The lowest BCUT2D eigenvalue weighted by molar-refractivity contribution is -0.147. The van der Waals surface area contributed by atoms with E-state index in [-0.39, 0.29) is 17.1 Å². The number of likely N-dealkylation sites (N-methyl/N-ethyl adjacent to an activating group) is 1. The predicted octanol–water partition coefficient (Wildman–Crippen LogP) is 1.32. The molecule has 0 saturated heterocycles. The fraction of sp³-hybridized carbons (Fsp3) is 0.500. The number of benzene rings is 1. The largest absolute Gasteiger partial charge is 0.504 e. The third-order valence-electron chi connectivity index (χ3n) is 3.23. The molecule has 6 heteroatoms. The van der Waals surface area contributed by atoms with Gasteiger partial charge in [-0.1, -0.05) is 19.4 Å². The summed E-state index contributed by atoms with van der Waals surface area (Å²) in [6.45, 7) is 2.55. The van der Waals surface area contributed by atoms with E-state index in [9.17, 15) is 25.2 Å². The van der Waals surface area contributed by atoms with Crippen molar-refractivity contribution < 1.29 is 25.2 Å². The summed E-state index contributed by atoms with van der Waals surface area (Å²) in [4.78, 5) is 12.9. The van der Waals surface area contributed by atoms with Crippen molar-refractivity contribution in [3.63, 3.8) is 0 Å². The van der Waals surface area contributed by atoms with Crippen molar-refractivity contribution in [3.8, 4) is 11.5 Å². The van der Waals surface area contributed by atoms with Crippen molar-refractivity contribution >= 4 is 5.97 Å². The fourth-order valence-electron chi connectivity index (χ4n) is 2.02. The van der Waals surface area contributed by atoms with Gasteiger partial charge in [-0.25, -0.2) is 0 Å². The van der Waals surface area contributed by atoms with Crippen LogP contribution in [0.4, 0.5) is 0 Å². The molecule has 0 aromatic heterocycles. The molecule has 2 atom stereocenters. The van der Waals surface area contributed by atoms with Crippen molar-refractivity contribution in [1.29, 1.82) is 0 Å². The number of unbranched alkanes of at least 4 members (excludes halogenated alkanes) is 1. The molecule has 0 aliphatic heterocycles. The van der Waals surface area contributed by atoms with Gasteiger partial charge in [0.15, 0.2) is 11.5 Å². The Labute approximate surface area is 117 Å². The molecule has 0 aliphatic rings. The molecule has 0 spiro atoms. The molecule has 0 amide bonds. The van der Waals surface area contributed by atoms with Crippen LogP contribution in [0.5, 0.6) is 11.5 Å². The minimum absolute atomic E-state index is 0.246. The van der Waals surface area contributed by atoms with Gasteiger partial charge in [-0.2, -0.15) is 0 Å². The molecular weight excluding hydrogens is 262 g/mol. The Hall–Kier alpha value is -1.79. The maximum Gasteiger partial charge on any atom is 0.323 e. The second kappa shape index (κ2) is 7.12. The first-order valence-electron chi connectivity index (χ1n) is 6.51. The van der Waals surface area contributed by atoms with Crippen LogP contribution in [0, 0.1) is 0 Å². The molecular formula is C14H21NO5. The summed E-state index contributed by atoms with van der Waals surface area (Å²) in [5.41, 5.74) is 0.246. The van der Waals surface area contributed by atoms with Gasteiger partial charge in [0.25, 0.3) is 0 Å². The van der Waals surface area contributed by atoms with Crippen LogP contribution in [0.1, 0.15) is 31.4 Å². The molecule has 0 radical (unpaired) electrons. The van der Waals surface area contributed by atoms with Crippen LogP contribution in [-0.2, 0) is 4.79 Å². The number of aliphatic hydroxyl groups is 1. The molecule has 0 bridgehead atoms. The van der Waals surface area contributed by atoms with Crippen molar-refractivity contribution in [2.45, 2.75) is 31.9 Å². The van der Waals surface area contributed by atoms with Gasteiger partial charge >= 0.3 is 5.97 Å². The highest BCUT2D eigenvalue weighted by atomic mass is 16.4. The molecule has 4 N–H and O–H groups in total. The molecule has 112 valence electrons. The Morgan fingerprint density at radius 3 is 2.45 bits per heavy atom. The van der Waals surface area contributed by atoms with E-state index in [0.717, 1.165) is 12.8 Å². The first-order valence-corrected chi connectivity index (χ1v) is 6.51. The maximum atomic E-state index is 11.4. The van der Waals surface area contributed by atoms with Gasteiger partial charge in [-0.3, -0.25) is 9.69 Å². The quantitative estimate of drug-likeness (QED) is 0.563. The number of aliphatic hydroxyl groups excluding tert-OH is 1. The monoisotopic (exact) mass is 283 g/mol. The highest BCUT2D eigenvalue weighted by molar-refractivity contribution is 5.74. The molecule has 1 aromatic rings. The van der Waals surface area contributed by atoms with Gasteiger partial charge < -0.3 is 20.4 Å². The molecule has 0 saturated carbocycles. The normalized spacial score (nSPS) is 14.2. The lowest BCUT2D eigenvalue weighted by Crippen LogP contribution is -2.43. The molecule has 1 rings (SSSR count). The lowest BCUT2D eigenvalue weighted by Gasteiger charge is -2.28. The number of aliphatic carboxylic acids is 1. The summed E-state index contributed by atoms with van der Waals surface area (Å²) >= 11 is 0. The van der Waals surface area contributed by atoms with Gasteiger partial charge in [0.2, 0.25) is 0 Å². The Balaban J connectivity index is 2.95. The standard InChI is InChI=1S/C14H21NO5/c1-3-4-7-15(2)12(14(19)20)13(18)9-5-6-10(16)11(17)8-9/h5-6,8,12-13,16-18H,3-4,7H2,1-2H3,(H,19,20)/t12-,13?/m0/s1. The maximum absolute atomic E-state index is 11.4. The Kier molecular flexibility index (Phi) is 5.79. The fourth-order valence-corrected chi connectivity index (χ4v) is 2.02. The van der Waals surface area contributed by atoms with Crippen LogP contribution < -0.4 is 0 Å². The number of rotatable bonds is 7. The second-order valence-electron chi connectivity index (χ2n) is 4.81. The topological polar surface area (TPSA) is 101 Å². The van der Waals surface area contributed by atoms with E-state index in [2.05, 4.69) is 0 Å². The van der Waals surface area contributed by atoms with Crippen LogP contribution in [0.15, 0.2) is 18.2 Å². The summed E-state index contributed by atoms with van der Waals surface area (Å²) in [6, 6.07) is 2.68. The predicted molar refractivity (Wildman–Crippen MR) is 73.7 cm³/mol. The minimum atomic E-state index is -1.29.